The first-order chi connectivity index (χ1) is 11.0. The van der Waals surface area contributed by atoms with Crippen LogP contribution in [0, 0.1) is 0 Å². The van der Waals surface area contributed by atoms with Crippen molar-refractivity contribution in [3.05, 3.63) is 29.8 Å². The first-order valence-corrected chi connectivity index (χ1v) is 7.96. The number of amides is 1. The summed E-state index contributed by atoms with van der Waals surface area (Å²) in [6.07, 6.45) is -0.512. The van der Waals surface area contributed by atoms with Gasteiger partial charge in [-0.2, -0.15) is 0 Å². The predicted molar refractivity (Wildman–Crippen MR) is 90.9 cm³/mol. The molecule has 1 rings (SSSR count). The molecule has 1 N–H and O–H groups in total. The number of rotatable bonds is 6. The Bertz CT molecular complexity index is 575. The van der Waals surface area contributed by atoms with E-state index >= 15 is 0 Å². The van der Waals surface area contributed by atoms with E-state index in [1.165, 1.54) is 0 Å². The summed E-state index contributed by atoms with van der Waals surface area (Å²) in [4.78, 5) is 23.7. The van der Waals surface area contributed by atoms with Gasteiger partial charge in [0, 0.05) is 12.1 Å². The van der Waals surface area contributed by atoms with Crippen LogP contribution < -0.4 is 10.1 Å². The quantitative estimate of drug-likeness (QED) is 0.805. The van der Waals surface area contributed by atoms with E-state index < -0.39 is 23.3 Å². The molecule has 0 bridgehead atoms. The normalized spacial score (nSPS) is 11.6. The highest BCUT2D eigenvalue weighted by molar-refractivity contribution is 5.79. The standard InChI is InChI=1S/C18H27NO5/c1-7-22-15(20)18(5,6)23-14-11-9-8-10-13(14)12-19-16(21)24-17(2,3)4/h8-11H,7,12H2,1-6H3,(H,19,21). The van der Waals surface area contributed by atoms with Crippen molar-refractivity contribution in [1.82, 2.24) is 5.32 Å². The van der Waals surface area contributed by atoms with Crippen molar-refractivity contribution in [1.29, 1.82) is 0 Å². The number of hydrogen-bond acceptors (Lipinski definition) is 5. The van der Waals surface area contributed by atoms with E-state index in [4.69, 9.17) is 14.2 Å². The first-order valence-electron chi connectivity index (χ1n) is 7.96. The SMILES string of the molecule is CCOC(=O)C(C)(C)Oc1ccccc1CNC(=O)OC(C)(C)C. The molecule has 0 heterocycles. The van der Waals surface area contributed by atoms with Crippen molar-refractivity contribution >= 4 is 12.1 Å². The average Bonchev–Trinajstić information content (AvgIpc) is 2.44. The van der Waals surface area contributed by atoms with Gasteiger partial charge in [-0.15, -0.1) is 0 Å². The summed E-state index contributed by atoms with van der Waals surface area (Å²) in [5.74, 6) is 0.0616. The van der Waals surface area contributed by atoms with Gasteiger partial charge in [-0.25, -0.2) is 9.59 Å². The number of carbonyl (C=O) groups is 2. The molecule has 1 amide bonds. The van der Waals surface area contributed by atoms with Gasteiger partial charge in [-0.05, 0) is 47.6 Å². The van der Waals surface area contributed by atoms with E-state index in [9.17, 15) is 9.59 Å². The van der Waals surface area contributed by atoms with Crippen molar-refractivity contribution in [2.45, 2.75) is 59.3 Å². The van der Waals surface area contributed by atoms with Crippen LogP contribution in [-0.2, 0) is 20.8 Å². The molecule has 0 aromatic heterocycles. The molecule has 0 aliphatic carbocycles. The number of benzene rings is 1. The lowest BCUT2D eigenvalue weighted by molar-refractivity contribution is -0.158. The Balaban J connectivity index is 2.78. The predicted octanol–water partition coefficient (Wildman–Crippen LogP) is 3.43. The maximum Gasteiger partial charge on any atom is 0.407 e. The van der Waals surface area contributed by atoms with E-state index in [0.29, 0.717) is 5.75 Å². The van der Waals surface area contributed by atoms with Crippen molar-refractivity contribution in [2.24, 2.45) is 0 Å². The number of ether oxygens (including phenoxy) is 3. The third kappa shape index (κ3) is 6.48. The van der Waals surface area contributed by atoms with Crippen molar-refractivity contribution in [3.8, 4) is 5.75 Å². The van der Waals surface area contributed by atoms with Crippen molar-refractivity contribution in [3.63, 3.8) is 0 Å². The fourth-order valence-electron chi connectivity index (χ4n) is 1.85. The zero-order chi connectivity index (χ0) is 18.4. The molecule has 6 heteroatoms. The summed E-state index contributed by atoms with van der Waals surface area (Å²) < 4.78 is 16.0. The molecule has 0 saturated heterocycles. The van der Waals surface area contributed by atoms with E-state index in [-0.39, 0.29) is 13.2 Å². The fourth-order valence-corrected chi connectivity index (χ4v) is 1.85. The molecule has 0 spiro atoms. The maximum atomic E-state index is 12.0. The lowest BCUT2D eigenvalue weighted by Gasteiger charge is -2.25. The largest absolute Gasteiger partial charge is 0.476 e. The van der Waals surface area contributed by atoms with Crippen LogP contribution in [0.15, 0.2) is 24.3 Å². The van der Waals surface area contributed by atoms with Gasteiger partial charge in [0.2, 0.25) is 0 Å². The Kier molecular flexibility index (Phi) is 6.63. The van der Waals surface area contributed by atoms with E-state index in [0.717, 1.165) is 5.56 Å². The van der Waals surface area contributed by atoms with Crippen LogP contribution in [0.3, 0.4) is 0 Å². The van der Waals surface area contributed by atoms with Crippen molar-refractivity contribution in [2.75, 3.05) is 6.61 Å². The molecule has 0 aliphatic heterocycles. The molecule has 24 heavy (non-hydrogen) atoms. The summed E-state index contributed by atoms with van der Waals surface area (Å²) in [5.41, 5.74) is -0.954. The van der Waals surface area contributed by atoms with Gasteiger partial charge in [0.05, 0.1) is 6.61 Å². The van der Waals surface area contributed by atoms with Gasteiger partial charge in [0.25, 0.3) is 0 Å². The monoisotopic (exact) mass is 337 g/mol. The Morgan fingerprint density at radius 3 is 2.29 bits per heavy atom. The van der Waals surface area contributed by atoms with E-state index in [1.54, 1.807) is 53.7 Å². The zero-order valence-corrected chi connectivity index (χ0v) is 15.3. The van der Waals surface area contributed by atoms with Crippen molar-refractivity contribution < 1.29 is 23.8 Å². The highest BCUT2D eigenvalue weighted by Gasteiger charge is 2.32. The molecule has 0 radical (unpaired) electrons. The lowest BCUT2D eigenvalue weighted by atomic mass is 10.1. The minimum Gasteiger partial charge on any atom is -0.476 e. The van der Waals surface area contributed by atoms with Crippen LogP contribution in [-0.4, -0.2) is 29.9 Å². The molecule has 134 valence electrons. The second kappa shape index (κ2) is 8.04. The van der Waals surface area contributed by atoms with Gasteiger partial charge >= 0.3 is 12.1 Å². The Labute approximate surface area is 143 Å². The minimum absolute atomic E-state index is 0.226. The Morgan fingerprint density at radius 1 is 1.08 bits per heavy atom. The molecular weight excluding hydrogens is 310 g/mol. The molecule has 1 aromatic carbocycles. The van der Waals surface area contributed by atoms with Crippen LogP contribution in [0.4, 0.5) is 4.79 Å². The van der Waals surface area contributed by atoms with Gasteiger partial charge in [0.15, 0.2) is 5.60 Å². The number of nitrogens with one attached hydrogen (secondary N) is 1. The van der Waals surface area contributed by atoms with E-state index in [2.05, 4.69) is 5.32 Å². The van der Waals surface area contributed by atoms with Crippen LogP contribution >= 0.6 is 0 Å². The zero-order valence-electron chi connectivity index (χ0n) is 15.3. The average molecular weight is 337 g/mol. The van der Waals surface area contributed by atoms with Crippen LogP contribution in [0.1, 0.15) is 47.1 Å². The second-order valence-corrected chi connectivity index (χ2v) is 6.80. The van der Waals surface area contributed by atoms with Crippen LogP contribution in [0.25, 0.3) is 0 Å². The highest BCUT2D eigenvalue weighted by atomic mass is 16.6. The molecule has 6 nitrogen and oxygen atoms in total. The summed E-state index contributed by atoms with van der Waals surface area (Å²) in [6.45, 7) is 10.9. The molecule has 0 aliphatic rings. The summed E-state index contributed by atoms with van der Waals surface area (Å²) >= 11 is 0. The molecule has 0 saturated carbocycles. The number of alkyl carbamates (subject to hydrolysis) is 1. The number of esters is 1. The fraction of sp³-hybridized carbons (Fsp3) is 0.556. The van der Waals surface area contributed by atoms with Gasteiger partial charge in [-0.3, -0.25) is 0 Å². The summed E-state index contributed by atoms with van der Waals surface area (Å²) in [7, 11) is 0. The first kappa shape index (κ1) is 19.8. The van der Waals surface area contributed by atoms with E-state index in [1.807, 2.05) is 12.1 Å². The smallest absolute Gasteiger partial charge is 0.407 e. The molecule has 0 unspecified atom stereocenters. The number of carbonyl (C=O) groups excluding carboxylic acids is 2. The minimum atomic E-state index is -1.13. The third-order valence-electron chi connectivity index (χ3n) is 2.93. The highest BCUT2D eigenvalue weighted by Crippen LogP contribution is 2.24. The number of para-hydroxylation sites is 1. The third-order valence-corrected chi connectivity index (χ3v) is 2.93. The Hall–Kier alpha value is -2.24. The van der Waals surface area contributed by atoms with Gasteiger partial charge in [0.1, 0.15) is 11.4 Å². The summed E-state index contributed by atoms with van der Waals surface area (Å²) in [5, 5.41) is 2.68. The number of hydrogen-bond donors (Lipinski definition) is 1. The molecule has 0 atom stereocenters. The molecular formula is C18H27NO5. The second-order valence-electron chi connectivity index (χ2n) is 6.80. The van der Waals surface area contributed by atoms with Gasteiger partial charge in [-0.1, -0.05) is 18.2 Å². The topological polar surface area (TPSA) is 73.9 Å². The van der Waals surface area contributed by atoms with Crippen LogP contribution in [0.2, 0.25) is 0 Å². The van der Waals surface area contributed by atoms with Gasteiger partial charge < -0.3 is 19.5 Å². The van der Waals surface area contributed by atoms with Crippen LogP contribution in [0.5, 0.6) is 5.75 Å². The Morgan fingerprint density at radius 2 is 1.71 bits per heavy atom. The maximum absolute atomic E-state index is 12.0. The lowest BCUT2D eigenvalue weighted by Crippen LogP contribution is -2.40. The summed E-state index contributed by atoms with van der Waals surface area (Å²) in [6, 6.07) is 7.19. The molecule has 1 aromatic rings. The molecule has 0 fully saturated rings.